The third-order valence-electron chi connectivity index (χ3n) is 3.16. The van der Waals surface area contributed by atoms with Crippen LogP contribution in [0.15, 0.2) is 0 Å². The number of carbonyl (C=O) groups excluding carboxylic acids is 1. The van der Waals surface area contributed by atoms with E-state index in [0.29, 0.717) is 18.9 Å². The average Bonchev–Trinajstić information content (AvgIpc) is 2.99. The van der Waals surface area contributed by atoms with Gasteiger partial charge in [0.2, 0.25) is 5.91 Å². The van der Waals surface area contributed by atoms with Gasteiger partial charge < -0.3 is 15.7 Å². The van der Waals surface area contributed by atoms with Crippen molar-refractivity contribution in [1.29, 1.82) is 0 Å². The Hall–Kier alpha value is -0.610. The van der Waals surface area contributed by atoms with Gasteiger partial charge in [-0.25, -0.2) is 0 Å². The molecule has 1 atom stereocenters. The molecule has 100 valence electrons. The van der Waals surface area contributed by atoms with Gasteiger partial charge in [-0.15, -0.1) is 0 Å². The highest BCUT2D eigenvalue weighted by Crippen LogP contribution is 2.21. The van der Waals surface area contributed by atoms with Crippen LogP contribution >= 0.6 is 0 Å². The topological polar surface area (TPSA) is 61.4 Å². The highest BCUT2D eigenvalue weighted by Gasteiger charge is 2.26. The summed E-state index contributed by atoms with van der Waals surface area (Å²) in [7, 11) is 0. The molecule has 0 aliphatic heterocycles. The fourth-order valence-electron chi connectivity index (χ4n) is 1.79. The zero-order chi connectivity index (χ0) is 12.9. The van der Waals surface area contributed by atoms with Gasteiger partial charge in [0.25, 0.3) is 0 Å². The number of aliphatic hydroxyl groups is 1. The summed E-state index contributed by atoms with van der Waals surface area (Å²) >= 11 is 0. The van der Waals surface area contributed by atoms with E-state index in [1.54, 1.807) is 0 Å². The molecule has 0 bridgehead atoms. The third-order valence-corrected chi connectivity index (χ3v) is 3.16. The lowest BCUT2D eigenvalue weighted by atomic mass is 9.85. The SMILES string of the molecule is CC(C)(C)C(CCO)NC(=O)CCNC1CC1. The molecular weight excluding hydrogens is 216 g/mol. The Morgan fingerprint density at radius 2 is 2.06 bits per heavy atom. The van der Waals surface area contributed by atoms with Crippen LogP contribution in [0.25, 0.3) is 0 Å². The van der Waals surface area contributed by atoms with Crippen LogP contribution in [0.4, 0.5) is 0 Å². The molecule has 1 unspecified atom stereocenters. The Labute approximate surface area is 104 Å². The normalized spacial score (nSPS) is 17.9. The van der Waals surface area contributed by atoms with E-state index in [0.717, 1.165) is 6.54 Å². The van der Waals surface area contributed by atoms with Crippen molar-refractivity contribution < 1.29 is 9.90 Å². The number of nitrogens with one attached hydrogen (secondary N) is 2. The second kappa shape index (κ2) is 6.36. The molecule has 17 heavy (non-hydrogen) atoms. The molecule has 0 aromatic rings. The molecule has 0 radical (unpaired) electrons. The minimum Gasteiger partial charge on any atom is -0.396 e. The van der Waals surface area contributed by atoms with Gasteiger partial charge in [-0.2, -0.15) is 0 Å². The van der Waals surface area contributed by atoms with Crippen molar-refractivity contribution in [1.82, 2.24) is 10.6 Å². The van der Waals surface area contributed by atoms with E-state index in [9.17, 15) is 4.79 Å². The van der Waals surface area contributed by atoms with Gasteiger partial charge in [0, 0.05) is 31.7 Å². The molecule has 0 aromatic heterocycles. The standard InChI is InChI=1S/C13H26N2O2/c1-13(2,3)11(7-9-16)15-12(17)6-8-14-10-4-5-10/h10-11,14,16H,4-9H2,1-3H3,(H,15,17). The van der Waals surface area contributed by atoms with E-state index in [1.165, 1.54) is 12.8 Å². The van der Waals surface area contributed by atoms with E-state index in [-0.39, 0.29) is 24.0 Å². The Morgan fingerprint density at radius 1 is 1.41 bits per heavy atom. The molecule has 4 heteroatoms. The Morgan fingerprint density at radius 3 is 2.53 bits per heavy atom. The van der Waals surface area contributed by atoms with Crippen molar-refractivity contribution >= 4 is 5.91 Å². The van der Waals surface area contributed by atoms with Crippen LogP contribution in [0, 0.1) is 5.41 Å². The largest absolute Gasteiger partial charge is 0.396 e. The average molecular weight is 242 g/mol. The molecule has 1 amide bonds. The quantitative estimate of drug-likeness (QED) is 0.625. The van der Waals surface area contributed by atoms with Crippen molar-refractivity contribution in [2.75, 3.05) is 13.2 Å². The first-order valence-electron chi connectivity index (χ1n) is 6.57. The fourth-order valence-corrected chi connectivity index (χ4v) is 1.79. The minimum absolute atomic E-state index is 0.0116. The van der Waals surface area contributed by atoms with Crippen molar-refractivity contribution in [3.05, 3.63) is 0 Å². The van der Waals surface area contributed by atoms with Crippen LogP contribution in [0.1, 0.15) is 46.5 Å². The first kappa shape index (κ1) is 14.5. The summed E-state index contributed by atoms with van der Waals surface area (Å²) in [5, 5.41) is 15.3. The molecule has 1 fully saturated rings. The zero-order valence-electron chi connectivity index (χ0n) is 11.3. The van der Waals surface area contributed by atoms with Crippen molar-refractivity contribution in [2.24, 2.45) is 5.41 Å². The van der Waals surface area contributed by atoms with Crippen LogP contribution < -0.4 is 10.6 Å². The highest BCUT2D eigenvalue weighted by molar-refractivity contribution is 5.76. The minimum atomic E-state index is -0.0116. The van der Waals surface area contributed by atoms with Gasteiger partial charge in [0.1, 0.15) is 0 Å². The maximum Gasteiger partial charge on any atom is 0.221 e. The van der Waals surface area contributed by atoms with Gasteiger partial charge in [0.15, 0.2) is 0 Å². The summed E-state index contributed by atoms with van der Waals surface area (Å²) in [6.07, 6.45) is 3.63. The first-order chi connectivity index (χ1) is 7.93. The van der Waals surface area contributed by atoms with E-state index in [2.05, 4.69) is 31.4 Å². The lowest BCUT2D eigenvalue weighted by Crippen LogP contribution is -2.45. The second-order valence-electron chi connectivity index (χ2n) is 5.98. The molecule has 3 N–H and O–H groups in total. The molecule has 0 spiro atoms. The van der Waals surface area contributed by atoms with Crippen LogP contribution in [0.3, 0.4) is 0 Å². The number of aliphatic hydroxyl groups excluding tert-OH is 1. The number of carbonyl (C=O) groups is 1. The van der Waals surface area contributed by atoms with E-state index < -0.39 is 0 Å². The Bertz CT molecular complexity index is 244. The smallest absolute Gasteiger partial charge is 0.221 e. The van der Waals surface area contributed by atoms with Crippen molar-refractivity contribution in [3.63, 3.8) is 0 Å². The molecule has 0 heterocycles. The van der Waals surface area contributed by atoms with Gasteiger partial charge in [0.05, 0.1) is 0 Å². The van der Waals surface area contributed by atoms with Crippen LogP contribution in [0.2, 0.25) is 0 Å². The molecule has 1 aliphatic carbocycles. The summed E-state index contributed by atoms with van der Waals surface area (Å²) in [5.41, 5.74) is -0.0116. The second-order valence-corrected chi connectivity index (χ2v) is 5.98. The van der Waals surface area contributed by atoms with E-state index in [1.807, 2.05) is 0 Å². The number of hydrogen-bond donors (Lipinski definition) is 3. The lowest BCUT2D eigenvalue weighted by molar-refractivity contribution is -0.122. The van der Waals surface area contributed by atoms with Gasteiger partial charge in [-0.3, -0.25) is 4.79 Å². The van der Waals surface area contributed by atoms with Gasteiger partial charge in [-0.05, 0) is 24.7 Å². The van der Waals surface area contributed by atoms with Gasteiger partial charge >= 0.3 is 0 Å². The maximum atomic E-state index is 11.7. The van der Waals surface area contributed by atoms with Crippen LogP contribution in [0.5, 0.6) is 0 Å². The molecule has 0 saturated heterocycles. The fraction of sp³-hybridized carbons (Fsp3) is 0.923. The summed E-state index contributed by atoms with van der Waals surface area (Å²) in [4.78, 5) is 11.7. The predicted molar refractivity (Wildman–Crippen MR) is 68.7 cm³/mol. The summed E-state index contributed by atoms with van der Waals surface area (Å²) in [5.74, 6) is 0.0755. The van der Waals surface area contributed by atoms with Crippen LogP contribution in [-0.4, -0.2) is 36.2 Å². The molecule has 1 rings (SSSR count). The maximum absolute atomic E-state index is 11.7. The molecule has 0 aromatic carbocycles. The Balaban J connectivity index is 2.24. The highest BCUT2D eigenvalue weighted by atomic mass is 16.3. The summed E-state index contributed by atoms with van der Waals surface area (Å²) < 4.78 is 0. The third kappa shape index (κ3) is 6.03. The first-order valence-corrected chi connectivity index (χ1v) is 6.57. The van der Waals surface area contributed by atoms with Crippen molar-refractivity contribution in [2.45, 2.75) is 58.5 Å². The molecule has 4 nitrogen and oxygen atoms in total. The van der Waals surface area contributed by atoms with E-state index in [4.69, 9.17) is 5.11 Å². The van der Waals surface area contributed by atoms with E-state index >= 15 is 0 Å². The predicted octanol–water partition coefficient (Wildman–Crippen LogP) is 1.04. The Kier molecular flexibility index (Phi) is 5.40. The zero-order valence-corrected chi connectivity index (χ0v) is 11.3. The number of rotatable bonds is 7. The number of amides is 1. The van der Waals surface area contributed by atoms with Crippen LogP contribution in [-0.2, 0) is 4.79 Å². The molecular formula is C13H26N2O2. The van der Waals surface area contributed by atoms with Gasteiger partial charge in [-0.1, -0.05) is 20.8 Å². The summed E-state index contributed by atoms with van der Waals surface area (Å²) in [6.45, 7) is 7.11. The molecule has 1 aliphatic rings. The molecule has 1 saturated carbocycles. The monoisotopic (exact) mass is 242 g/mol. The van der Waals surface area contributed by atoms with Crippen molar-refractivity contribution in [3.8, 4) is 0 Å². The summed E-state index contributed by atoms with van der Waals surface area (Å²) in [6, 6.07) is 0.694. The lowest BCUT2D eigenvalue weighted by Gasteiger charge is -2.31. The number of hydrogen-bond acceptors (Lipinski definition) is 3.